The number of pyridine rings is 1. The summed E-state index contributed by atoms with van der Waals surface area (Å²) in [4.78, 5) is 29.3. The number of nitrogens with zero attached hydrogens (tertiary/aromatic N) is 1. The predicted molar refractivity (Wildman–Crippen MR) is 103 cm³/mol. The summed E-state index contributed by atoms with van der Waals surface area (Å²) in [6, 6.07) is 12.5. The molecule has 4 rings (SSSR count). The molecule has 6 heteroatoms. The number of hydrogen-bond donors (Lipinski definition) is 3. The lowest BCUT2D eigenvalue weighted by atomic mass is 9.84. The van der Waals surface area contributed by atoms with Crippen molar-refractivity contribution in [3.63, 3.8) is 0 Å². The SMILES string of the molecule is NC1C2CCC(C2)C1C(=O)Nc1cccc(C(=O)NCc2ccccn2)c1. The fraction of sp³-hybridized carbons (Fsp3) is 0.381. The van der Waals surface area contributed by atoms with Crippen molar-refractivity contribution in [1.29, 1.82) is 0 Å². The van der Waals surface area contributed by atoms with Gasteiger partial charge in [-0.2, -0.15) is 0 Å². The molecule has 0 saturated heterocycles. The molecule has 2 amide bonds. The third-order valence-corrected chi connectivity index (χ3v) is 5.83. The molecule has 4 unspecified atom stereocenters. The molecule has 1 aromatic heterocycles. The Morgan fingerprint density at radius 2 is 1.96 bits per heavy atom. The zero-order valence-electron chi connectivity index (χ0n) is 15.1. The summed E-state index contributed by atoms with van der Waals surface area (Å²) in [7, 11) is 0. The van der Waals surface area contributed by atoms with Crippen LogP contribution in [0.3, 0.4) is 0 Å². The van der Waals surface area contributed by atoms with E-state index >= 15 is 0 Å². The van der Waals surface area contributed by atoms with Gasteiger partial charge in [0.2, 0.25) is 5.91 Å². The molecule has 27 heavy (non-hydrogen) atoms. The van der Waals surface area contributed by atoms with Gasteiger partial charge in [0.15, 0.2) is 0 Å². The summed E-state index contributed by atoms with van der Waals surface area (Å²) in [5, 5.41) is 5.80. The van der Waals surface area contributed by atoms with Crippen molar-refractivity contribution in [3.8, 4) is 0 Å². The van der Waals surface area contributed by atoms with Crippen molar-refractivity contribution < 1.29 is 9.59 Å². The molecule has 2 saturated carbocycles. The van der Waals surface area contributed by atoms with Crippen LogP contribution in [0, 0.1) is 17.8 Å². The van der Waals surface area contributed by atoms with Gasteiger partial charge in [-0.15, -0.1) is 0 Å². The van der Waals surface area contributed by atoms with Gasteiger partial charge in [-0.3, -0.25) is 14.6 Å². The van der Waals surface area contributed by atoms with Gasteiger partial charge in [-0.05, 0) is 61.4 Å². The quantitative estimate of drug-likeness (QED) is 0.758. The fourth-order valence-corrected chi connectivity index (χ4v) is 4.46. The average molecular weight is 364 g/mol. The van der Waals surface area contributed by atoms with Crippen molar-refractivity contribution >= 4 is 17.5 Å². The van der Waals surface area contributed by atoms with E-state index in [1.54, 1.807) is 30.5 Å². The summed E-state index contributed by atoms with van der Waals surface area (Å²) < 4.78 is 0. The Bertz CT molecular complexity index is 837. The van der Waals surface area contributed by atoms with Gasteiger partial charge in [-0.1, -0.05) is 12.1 Å². The van der Waals surface area contributed by atoms with Gasteiger partial charge in [0, 0.05) is 23.5 Å². The standard InChI is InChI=1S/C21H24N4O2/c22-19-14-8-7-13(10-14)18(19)21(27)25-16-6-3-4-15(11-16)20(26)24-12-17-5-1-2-9-23-17/h1-6,9,11,13-14,18-19H,7-8,10,12,22H2,(H,24,26)(H,25,27). The molecule has 140 valence electrons. The topological polar surface area (TPSA) is 97.1 Å². The van der Waals surface area contributed by atoms with Gasteiger partial charge in [0.1, 0.15) is 0 Å². The number of carbonyl (C=O) groups excluding carboxylic acids is 2. The number of benzene rings is 1. The summed E-state index contributed by atoms with van der Waals surface area (Å²) >= 11 is 0. The number of nitrogens with two attached hydrogens (primary N) is 1. The van der Waals surface area contributed by atoms with Crippen LogP contribution in [-0.4, -0.2) is 22.8 Å². The minimum Gasteiger partial charge on any atom is -0.346 e. The van der Waals surface area contributed by atoms with Crippen molar-refractivity contribution in [2.24, 2.45) is 23.5 Å². The Hall–Kier alpha value is -2.73. The second-order valence-corrected chi connectivity index (χ2v) is 7.51. The minimum absolute atomic E-state index is 0.0271. The molecule has 0 radical (unpaired) electrons. The molecule has 2 bridgehead atoms. The van der Waals surface area contributed by atoms with E-state index in [2.05, 4.69) is 15.6 Å². The van der Waals surface area contributed by atoms with E-state index in [1.807, 2.05) is 18.2 Å². The van der Waals surface area contributed by atoms with Gasteiger partial charge in [0.25, 0.3) is 5.91 Å². The van der Waals surface area contributed by atoms with Crippen molar-refractivity contribution in [1.82, 2.24) is 10.3 Å². The van der Waals surface area contributed by atoms with Crippen molar-refractivity contribution in [2.75, 3.05) is 5.32 Å². The fourth-order valence-electron chi connectivity index (χ4n) is 4.46. The highest BCUT2D eigenvalue weighted by molar-refractivity contribution is 5.98. The third-order valence-electron chi connectivity index (χ3n) is 5.83. The number of carbonyl (C=O) groups is 2. The second kappa shape index (κ2) is 7.48. The Morgan fingerprint density at radius 1 is 1.11 bits per heavy atom. The number of anilines is 1. The van der Waals surface area contributed by atoms with Crippen LogP contribution in [0.2, 0.25) is 0 Å². The molecule has 0 aliphatic heterocycles. The predicted octanol–water partition coefficient (Wildman–Crippen LogP) is 2.32. The van der Waals surface area contributed by atoms with E-state index in [1.165, 1.54) is 0 Å². The maximum Gasteiger partial charge on any atom is 0.251 e. The van der Waals surface area contributed by atoms with Crippen LogP contribution in [0.1, 0.15) is 35.3 Å². The van der Waals surface area contributed by atoms with Crippen LogP contribution >= 0.6 is 0 Å². The highest BCUT2D eigenvalue weighted by atomic mass is 16.2. The first kappa shape index (κ1) is 17.7. The first-order chi connectivity index (χ1) is 13.1. The summed E-state index contributed by atoms with van der Waals surface area (Å²) in [5.41, 5.74) is 8.18. The highest BCUT2D eigenvalue weighted by Crippen LogP contribution is 2.47. The van der Waals surface area contributed by atoms with Crippen molar-refractivity contribution in [2.45, 2.75) is 31.8 Å². The molecule has 0 spiro atoms. The lowest BCUT2D eigenvalue weighted by molar-refractivity contribution is -0.121. The first-order valence-electron chi connectivity index (χ1n) is 9.46. The maximum absolute atomic E-state index is 12.7. The molecular formula is C21H24N4O2. The summed E-state index contributed by atoms with van der Waals surface area (Å²) in [6.45, 7) is 0.357. The van der Waals surface area contributed by atoms with E-state index in [4.69, 9.17) is 5.73 Å². The maximum atomic E-state index is 12.7. The monoisotopic (exact) mass is 364 g/mol. The molecule has 2 aliphatic rings. The summed E-state index contributed by atoms with van der Waals surface area (Å²) in [5.74, 6) is 0.531. The number of fused-ring (bicyclic) bond motifs is 2. The van der Waals surface area contributed by atoms with Crippen molar-refractivity contribution in [3.05, 3.63) is 59.9 Å². The lowest BCUT2D eigenvalue weighted by Crippen LogP contribution is -2.42. The molecule has 2 fully saturated rings. The molecule has 6 nitrogen and oxygen atoms in total. The average Bonchev–Trinajstić information content (AvgIpc) is 3.28. The first-order valence-corrected chi connectivity index (χ1v) is 9.46. The number of amides is 2. The minimum atomic E-state index is -0.201. The summed E-state index contributed by atoms with van der Waals surface area (Å²) in [6.07, 6.45) is 4.99. The highest BCUT2D eigenvalue weighted by Gasteiger charge is 2.49. The molecule has 2 aliphatic carbocycles. The number of rotatable bonds is 5. The normalized spacial score (nSPS) is 26.0. The van der Waals surface area contributed by atoms with E-state index in [9.17, 15) is 9.59 Å². The van der Waals surface area contributed by atoms with Crippen LogP contribution < -0.4 is 16.4 Å². The largest absolute Gasteiger partial charge is 0.346 e. The zero-order chi connectivity index (χ0) is 18.8. The molecule has 2 aromatic rings. The second-order valence-electron chi connectivity index (χ2n) is 7.51. The molecule has 4 N–H and O–H groups in total. The Kier molecular flexibility index (Phi) is 4.90. The van der Waals surface area contributed by atoms with Crippen LogP contribution in [0.4, 0.5) is 5.69 Å². The third kappa shape index (κ3) is 3.71. The van der Waals surface area contributed by atoms with Gasteiger partial charge < -0.3 is 16.4 Å². The van der Waals surface area contributed by atoms with Crippen LogP contribution in [0.5, 0.6) is 0 Å². The van der Waals surface area contributed by atoms with Crippen LogP contribution in [0.15, 0.2) is 48.7 Å². The van der Waals surface area contributed by atoms with E-state index < -0.39 is 0 Å². The van der Waals surface area contributed by atoms with Gasteiger partial charge >= 0.3 is 0 Å². The molecular weight excluding hydrogens is 340 g/mol. The smallest absolute Gasteiger partial charge is 0.251 e. The lowest BCUT2D eigenvalue weighted by Gasteiger charge is -2.27. The Morgan fingerprint density at radius 3 is 2.70 bits per heavy atom. The van der Waals surface area contributed by atoms with Gasteiger partial charge in [0.05, 0.1) is 18.2 Å². The van der Waals surface area contributed by atoms with E-state index in [0.29, 0.717) is 29.6 Å². The van der Waals surface area contributed by atoms with E-state index in [-0.39, 0.29) is 23.8 Å². The van der Waals surface area contributed by atoms with Crippen LogP contribution in [-0.2, 0) is 11.3 Å². The van der Waals surface area contributed by atoms with Crippen LogP contribution in [0.25, 0.3) is 0 Å². The molecule has 1 heterocycles. The Balaban J connectivity index is 1.38. The van der Waals surface area contributed by atoms with Gasteiger partial charge in [-0.25, -0.2) is 0 Å². The van der Waals surface area contributed by atoms with E-state index in [0.717, 1.165) is 25.0 Å². The zero-order valence-corrected chi connectivity index (χ0v) is 15.1. The number of hydrogen-bond acceptors (Lipinski definition) is 4. The number of aromatic nitrogens is 1. The molecule has 1 aromatic carbocycles. The number of nitrogens with one attached hydrogen (secondary N) is 2. The Labute approximate surface area is 158 Å². The molecule has 4 atom stereocenters.